The topological polar surface area (TPSA) is 38.9 Å². The molecule has 5 rings (SSSR count). The fourth-order valence-electron chi connectivity index (χ4n) is 3.19. The number of hydrogen-bond acceptors (Lipinski definition) is 3. The third-order valence-corrected chi connectivity index (χ3v) is 4.40. The van der Waals surface area contributed by atoms with Crippen molar-refractivity contribution >= 4 is 32.8 Å². The molecule has 0 unspecified atom stereocenters. The Kier molecular flexibility index (Phi) is 2.71. The number of aryl methyl sites for hydroxylation is 1. The Bertz CT molecular complexity index is 1220. The zero-order valence-corrected chi connectivity index (χ0v) is 13.2. The van der Waals surface area contributed by atoms with Gasteiger partial charge in [-0.15, -0.1) is 0 Å². The Morgan fingerprint density at radius 3 is 2.50 bits per heavy atom. The van der Waals surface area contributed by atoms with Crippen molar-refractivity contribution in [2.75, 3.05) is 0 Å². The van der Waals surface area contributed by atoms with Crippen molar-refractivity contribution in [1.82, 2.24) is 9.97 Å². The summed E-state index contributed by atoms with van der Waals surface area (Å²) >= 11 is 0. The van der Waals surface area contributed by atoms with E-state index >= 15 is 0 Å². The molecule has 2 aromatic heterocycles. The largest absolute Gasteiger partial charge is 0.452 e. The summed E-state index contributed by atoms with van der Waals surface area (Å²) < 4.78 is 5.92. The van der Waals surface area contributed by atoms with E-state index < -0.39 is 0 Å². The maximum atomic E-state index is 5.92. The van der Waals surface area contributed by atoms with Gasteiger partial charge in [-0.1, -0.05) is 48.5 Å². The van der Waals surface area contributed by atoms with E-state index in [0.717, 1.165) is 39.2 Å². The van der Waals surface area contributed by atoms with Crippen LogP contribution < -0.4 is 0 Å². The van der Waals surface area contributed by atoms with Gasteiger partial charge in [-0.25, -0.2) is 9.97 Å². The second kappa shape index (κ2) is 4.90. The summed E-state index contributed by atoms with van der Waals surface area (Å²) in [7, 11) is 0. The maximum Gasteiger partial charge on any atom is 0.175 e. The number of aromatic nitrogens is 2. The van der Waals surface area contributed by atoms with E-state index in [2.05, 4.69) is 35.3 Å². The van der Waals surface area contributed by atoms with Crippen molar-refractivity contribution in [2.24, 2.45) is 0 Å². The first kappa shape index (κ1) is 13.3. The van der Waals surface area contributed by atoms with Gasteiger partial charge in [-0.2, -0.15) is 0 Å². The molecule has 0 aliphatic carbocycles. The summed E-state index contributed by atoms with van der Waals surface area (Å²) in [6.45, 7) is 1.97. The minimum atomic E-state index is 0.734. The van der Waals surface area contributed by atoms with E-state index in [9.17, 15) is 0 Å². The Morgan fingerprint density at radius 2 is 1.58 bits per heavy atom. The van der Waals surface area contributed by atoms with Gasteiger partial charge in [0, 0.05) is 10.9 Å². The van der Waals surface area contributed by atoms with Crippen LogP contribution in [0, 0.1) is 6.92 Å². The standard InChI is InChI=1S/C21H14N2O/c1-13-20-19(17-8-4-5-9-18(17)24-20)23-21(22-13)16-11-10-14-6-2-3-7-15(14)12-16/h2-12H,1H3. The van der Waals surface area contributed by atoms with Crippen molar-refractivity contribution in [2.45, 2.75) is 6.92 Å². The van der Waals surface area contributed by atoms with Crippen molar-refractivity contribution < 1.29 is 4.42 Å². The lowest BCUT2D eigenvalue weighted by atomic mass is 10.1. The number of para-hydroxylation sites is 1. The zero-order valence-electron chi connectivity index (χ0n) is 13.2. The Balaban J connectivity index is 1.80. The molecular formula is C21H14N2O. The van der Waals surface area contributed by atoms with Crippen LogP contribution in [0.5, 0.6) is 0 Å². The van der Waals surface area contributed by atoms with Crippen LogP contribution in [-0.2, 0) is 0 Å². The molecule has 0 saturated heterocycles. The van der Waals surface area contributed by atoms with Gasteiger partial charge < -0.3 is 4.42 Å². The predicted octanol–water partition coefficient (Wildman–Crippen LogP) is 5.50. The van der Waals surface area contributed by atoms with Gasteiger partial charge in [0.15, 0.2) is 11.4 Å². The molecule has 3 aromatic carbocycles. The highest BCUT2D eigenvalue weighted by Gasteiger charge is 2.14. The smallest absolute Gasteiger partial charge is 0.175 e. The molecule has 0 aliphatic heterocycles. The van der Waals surface area contributed by atoms with Gasteiger partial charge in [0.25, 0.3) is 0 Å². The van der Waals surface area contributed by atoms with Crippen LogP contribution in [0.2, 0.25) is 0 Å². The molecule has 114 valence electrons. The monoisotopic (exact) mass is 310 g/mol. The van der Waals surface area contributed by atoms with Gasteiger partial charge in [0.2, 0.25) is 0 Å². The first-order valence-corrected chi connectivity index (χ1v) is 7.95. The zero-order chi connectivity index (χ0) is 16.1. The number of rotatable bonds is 1. The van der Waals surface area contributed by atoms with Crippen LogP contribution in [0.25, 0.3) is 44.2 Å². The SMILES string of the molecule is Cc1nc(-c2ccc3ccccc3c2)nc2c1oc1ccccc12. The summed E-state index contributed by atoms with van der Waals surface area (Å²) in [5.74, 6) is 0.734. The molecule has 0 fully saturated rings. The first-order valence-electron chi connectivity index (χ1n) is 7.95. The molecule has 2 heterocycles. The van der Waals surface area contributed by atoms with Crippen LogP contribution in [-0.4, -0.2) is 9.97 Å². The predicted molar refractivity (Wildman–Crippen MR) is 97.0 cm³/mol. The summed E-state index contributed by atoms with van der Waals surface area (Å²) in [6, 6.07) is 22.6. The van der Waals surface area contributed by atoms with Gasteiger partial charge in [-0.05, 0) is 35.9 Å². The maximum absolute atomic E-state index is 5.92. The normalized spacial score (nSPS) is 11.5. The van der Waals surface area contributed by atoms with Gasteiger partial charge >= 0.3 is 0 Å². The average Bonchev–Trinajstić information content (AvgIpc) is 3.01. The molecule has 0 spiro atoms. The van der Waals surface area contributed by atoms with E-state index in [1.807, 2.05) is 43.3 Å². The molecule has 0 amide bonds. The summed E-state index contributed by atoms with van der Waals surface area (Å²) in [4.78, 5) is 9.47. The van der Waals surface area contributed by atoms with Crippen molar-refractivity contribution in [1.29, 1.82) is 0 Å². The number of benzene rings is 3. The highest BCUT2D eigenvalue weighted by molar-refractivity contribution is 6.03. The lowest BCUT2D eigenvalue weighted by Crippen LogP contribution is -1.92. The van der Waals surface area contributed by atoms with Crippen LogP contribution in [0.3, 0.4) is 0 Å². The third-order valence-electron chi connectivity index (χ3n) is 4.40. The number of hydrogen-bond donors (Lipinski definition) is 0. The first-order chi connectivity index (χ1) is 11.8. The van der Waals surface area contributed by atoms with E-state index in [0.29, 0.717) is 0 Å². The molecule has 5 aromatic rings. The molecule has 3 heteroatoms. The van der Waals surface area contributed by atoms with Gasteiger partial charge in [0.05, 0.1) is 5.69 Å². The Morgan fingerprint density at radius 1 is 0.792 bits per heavy atom. The third kappa shape index (κ3) is 1.91. The van der Waals surface area contributed by atoms with Gasteiger partial charge in [0.1, 0.15) is 11.1 Å². The number of fused-ring (bicyclic) bond motifs is 4. The van der Waals surface area contributed by atoms with Crippen molar-refractivity contribution in [3.63, 3.8) is 0 Å². The molecule has 0 aliphatic rings. The van der Waals surface area contributed by atoms with Crippen LogP contribution in [0.1, 0.15) is 5.69 Å². The fourth-order valence-corrected chi connectivity index (χ4v) is 3.19. The van der Waals surface area contributed by atoms with E-state index in [-0.39, 0.29) is 0 Å². The van der Waals surface area contributed by atoms with Crippen LogP contribution in [0.15, 0.2) is 71.1 Å². The molecule has 0 saturated carbocycles. The molecule has 0 N–H and O–H groups in total. The summed E-state index contributed by atoms with van der Waals surface area (Å²) in [5, 5.41) is 3.43. The Labute approximate surface area is 138 Å². The molecule has 3 nitrogen and oxygen atoms in total. The molecule has 0 radical (unpaired) electrons. The molecule has 0 bridgehead atoms. The highest BCUT2D eigenvalue weighted by Crippen LogP contribution is 2.31. The lowest BCUT2D eigenvalue weighted by molar-refractivity contribution is 0.661. The number of furan rings is 1. The molecule has 0 atom stereocenters. The van der Waals surface area contributed by atoms with Crippen molar-refractivity contribution in [3.8, 4) is 11.4 Å². The number of nitrogens with zero attached hydrogens (tertiary/aromatic N) is 2. The quantitative estimate of drug-likeness (QED) is 0.410. The molecule has 24 heavy (non-hydrogen) atoms. The minimum absolute atomic E-state index is 0.734. The minimum Gasteiger partial charge on any atom is -0.452 e. The second-order valence-corrected chi connectivity index (χ2v) is 5.97. The van der Waals surface area contributed by atoms with Gasteiger partial charge in [-0.3, -0.25) is 0 Å². The fraction of sp³-hybridized carbons (Fsp3) is 0.0476. The van der Waals surface area contributed by atoms with E-state index in [4.69, 9.17) is 9.40 Å². The average molecular weight is 310 g/mol. The Hall–Kier alpha value is -3.20. The van der Waals surface area contributed by atoms with Crippen molar-refractivity contribution in [3.05, 3.63) is 72.4 Å². The van der Waals surface area contributed by atoms with Crippen LogP contribution >= 0.6 is 0 Å². The van der Waals surface area contributed by atoms with Crippen LogP contribution in [0.4, 0.5) is 0 Å². The van der Waals surface area contributed by atoms with E-state index in [1.54, 1.807) is 0 Å². The second-order valence-electron chi connectivity index (χ2n) is 5.97. The highest BCUT2D eigenvalue weighted by atomic mass is 16.3. The summed E-state index contributed by atoms with van der Waals surface area (Å²) in [5.41, 5.74) is 4.37. The molecular weight excluding hydrogens is 296 g/mol. The van der Waals surface area contributed by atoms with E-state index in [1.165, 1.54) is 10.8 Å². The summed E-state index contributed by atoms with van der Waals surface area (Å²) in [6.07, 6.45) is 0. The lowest BCUT2D eigenvalue weighted by Gasteiger charge is -2.04.